The monoisotopic (exact) mass is 213 g/mol. The van der Waals surface area contributed by atoms with E-state index in [-0.39, 0.29) is 11.1 Å². The highest BCUT2D eigenvalue weighted by Crippen LogP contribution is 2.28. The Bertz CT molecular complexity index is 385. The molecule has 0 atom stereocenters. The summed E-state index contributed by atoms with van der Waals surface area (Å²) in [6.45, 7) is 5.08. The van der Waals surface area contributed by atoms with E-state index in [0.29, 0.717) is 0 Å². The lowest BCUT2D eigenvalue weighted by Crippen LogP contribution is -2.19. The highest BCUT2D eigenvalue weighted by atomic mass is 19.1. The van der Waals surface area contributed by atoms with E-state index in [9.17, 15) is 13.6 Å². The summed E-state index contributed by atoms with van der Waals surface area (Å²) in [6, 6.07) is 1.93. The molecule has 0 aliphatic carbocycles. The van der Waals surface area contributed by atoms with Crippen LogP contribution >= 0.6 is 0 Å². The molecule has 1 aromatic rings. The Balaban J connectivity index is 3.41. The molecule has 1 rings (SSSR count). The van der Waals surface area contributed by atoms with Gasteiger partial charge in [0.05, 0.1) is 0 Å². The molecule has 0 spiro atoms. The maximum absolute atomic E-state index is 13.5. The van der Waals surface area contributed by atoms with Crippen LogP contribution in [0.15, 0.2) is 12.1 Å². The number of benzene rings is 1. The molecule has 0 unspecified atom stereocenters. The minimum atomic E-state index is -0.840. The summed E-state index contributed by atoms with van der Waals surface area (Å²) in [7, 11) is 0. The smallest absolute Gasteiger partial charge is 0.248 e. The summed E-state index contributed by atoms with van der Waals surface area (Å²) >= 11 is 0. The molecule has 0 bridgehead atoms. The summed E-state index contributed by atoms with van der Waals surface area (Å²) in [5.74, 6) is -2.32. The molecule has 0 radical (unpaired) electrons. The Morgan fingerprint density at radius 3 is 1.87 bits per heavy atom. The van der Waals surface area contributed by atoms with E-state index in [1.165, 1.54) is 0 Å². The van der Waals surface area contributed by atoms with Crippen LogP contribution in [0, 0.1) is 11.6 Å². The van der Waals surface area contributed by atoms with E-state index >= 15 is 0 Å². The molecule has 0 saturated heterocycles. The standard InChI is InChI=1S/C11H13F2NO/c1-11(2,3)9-7(12)4-6(10(14)15)5-8(9)13/h4-5H,1-3H3,(H2,14,15). The highest BCUT2D eigenvalue weighted by Gasteiger charge is 2.24. The number of carbonyl (C=O) groups excluding carboxylic acids is 1. The van der Waals surface area contributed by atoms with Crippen LogP contribution in [0.5, 0.6) is 0 Å². The van der Waals surface area contributed by atoms with Gasteiger partial charge < -0.3 is 5.73 Å². The molecule has 4 heteroatoms. The SMILES string of the molecule is CC(C)(C)c1c(F)cc(C(N)=O)cc1F. The summed E-state index contributed by atoms with van der Waals surface area (Å²) in [4.78, 5) is 10.8. The molecule has 2 N–H and O–H groups in total. The molecule has 1 aromatic carbocycles. The second-order valence-corrected chi connectivity index (χ2v) is 4.43. The van der Waals surface area contributed by atoms with Crippen LogP contribution in [0.1, 0.15) is 36.7 Å². The van der Waals surface area contributed by atoms with Gasteiger partial charge in [-0.3, -0.25) is 4.79 Å². The molecule has 0 heterocycles. The van der Waals surface area contributed by atoms with E-state index in [1.807, 2.05) is 0 Å². The molecule has 0 aromatic heterocycles. The van der Waals surface area contributed by atoms with Gasteiger partial charge in [-0.1, -0.05) is 20.8 Å². The molecule has 1 amide bonds. The summed E-state index contributed by atoms with van der Waals surface area (Å²) in [6.07, 6.45) is 0. The fourth-order valence-electron chi connectivity index (χ4n) is 1.43. The predicted molar refractivity (Wildman–Crippen MR) is 53.6 cm³/mol. The fraction of sp³-hybridized carbons (Fsp3) is 0.364. The zero-order chi connectivity index (χ0) is 11.8. The Kier molecular flexibility index (Phi) is 2.79. The van der Waals surface area contributed by atoms with Crippen molar-refractivity contribution >= 4 is 5.91 Å². The van der Waals surface area contributed by atoms with Gasteiger partial charge in [-0.25, -0.2) is 8.78 Å². The first kappa shape index (κ1) is 11.6. The van der Waals surface area contributed by atoms with Crippen LogP contribution in [0.25, 0.3) is 0 Å². The molecule has 0 aliphatic heterocycles. The summed E-state index contributed by atoms with van der Waals surface area (Å²) in [5.41, 5.74) is 4.10. The van der Waals surface area contributed by atoms with Crippen LogP contribution in [-0.2, 0) is 5.41 Å². The van der Waals surface area contributed by atoms with Gasteiger partial charge in [-0.15, -0.1) is 0 Å². The number of hydrogen-bond acceptors (Lipinski definition) is 1. The van der Waals surface area contributed by atoms with Crippen molar-refractivity contribution in [2.75, 3.05) is 0 Å². The largest absolute Gasteiger partial charge is 0.366 e. The molecular formula is C11H13F2NO. The molecule has 0 fully saturated rings. The normalized spacial score (nSPS) is 11.5. The van der Waals surface area contributed by atoms with Gasteiger partial charge in [-0.2, -0.15) is 0 Å². The van der Waals surface area contributed by atoms with Crippen LogP contribution in [0.2, 0.25) is 0 Å². The molecule has 15 heavy (non-hydrogen) atoms. The maximum atomic E-state index is 13.5. The van der Waals surface area contributed by atoms with Gasteiger partial charge in [0.2, 0.25) is 5.91 Å². The quantitative estimate of drug-likeness (QED) is 0.764. The Labute approximate surface area is 87.1 Å². The topological polar surface area (TPSA) is 43.1 Å². The van der Waals surface area contributed by atoms with Crippen molar-refractivity contribution in [3.8, 4) is 0 Å². The molecule has 0 aliphatic rings. The number of amides is 1. The number of primary amides is 1. The Hall–Kier alpha value is -1.45. The fourth-order valence-corrected chi connectivity index (χ4v) is 1.43. The van der Waals surface area contributed by atoms with Crippen molar-refractivity contribution in [1.82, 2.24) is 0 Å². The van der Waals surface area contributed by atoms with Gasteiger partial charge in [0.25, 0.3) is 0 Å². The van der Waals surface area contributed by atoms with Crippen LogP contribution < -0.4 is 5.73 Å². The van der Waals surface area contributed by atoms with Gasteiger partial charge in [0, 0.05) is 11.1 Å². The zero-order valence-electron chi connectivity index (χ0n) is 8.90. The van der Waals surface area contributed by atoms with Crippen LogP contribution in [0.4, 0.5) is 8.78 Å². The number of halogens is 2. The van der Waals surface area contributed by atoms with E-state index in [0.717, 1.165) is 12.1 Å². The predicted octanol–water partition coefficient (Wildman–Crippen LogP) is 2.36. The molecular weight excluding hydrogens is 200 g/mol. The van der Waals surface area contributed by atoms with Crippen molar-refractivity contribution < 1.29 is 13.6 Å². The molecule has 82 valence electrons. The number of hydrogen-bond donors (Lipinski definition) is 1. The highest BCUT2D eigenvalue weighted by molar-refractivity contribution is 5.92. The van der Waals surface area contributed by atoms with E-state index in [2.05, 4.69) is 0 Å². The lowest BCUT2D eigenvalue weighted by molar-refractivity contribution is 0.0999. The van der Waals surface area contributed by atoms with Gasteiger partial charge in [0.15, 0.2) is 0 Å². The number of nitrogens with two attached hydrogens (primary N) is 1. The number of rotatable bonds is 1. The van der Waals surface area contributed by atoms with Crippen molar-refractivity contribution in [3.63, 3.8) is 0 Å². The third kappa shape index (κ3) is 2.32. The zero-order valence-corrected chi connectivity index (χ0v) is 8.90. The minimum Gasteiger partial charge on any atom is -0.366 e. The first-order valence-corrected chi connectivity index (χ1v) is 4.53. The Morgan fingerprint density at radius 1 is 1.20 bits per heavy atom. The van der Waals surface area contributed by atoms with Crippen molar-refractivity contribution in [1.29, 1.82) is 0 Å². The van der Waals surface area contributed by atoms with E-state index < -0.39 is 23.0 Å². The van der Waals surface area contributed by atoms with Crippen LogP contribution in [0.3, 0.4) is 0 Å². The van der Waals surface area contributed by atoms with Gasteiger partial charge in [0.1, 0.15) is 11.6 Å². The van der Waals surface area contributed by atoms with Crippen molar-refractivity contribution in [2.24, 2.45) is 5.73 Å². The average Bonchev–Trinajstić information content (AvgIpc) is 1.99. The van der Waals surface area contributed by atoms with Crippen molar-refractivity contribution in [3.05, 3.63) is 34.9 Å². The second-order valence-electron chi connectivity index (χ2n) is 4.43. The Morgan fingerprint density at radius 2 is 1.60 bits per heavy atom. The third-order valence-electron chi connectivity index (χ3n) is 2.08. The lowest BCUT2D eigenvalue weighted by atomic mass is 9.85. The van der Waals surface area contributed by atoms with E-state index in [4.69, 9.17) is 5.73 Å². The minimum absolute atomic E-state index is 0.0347. The van der Waals surface area contributed by atoms with Gasteiger partial charge >= 0.3 is 0 Å². The summed E-state index contributed by atoms with van der Waals surface area (Å²) < 4.78 is 27.0. The number of carbonyl (C=O) groups is 1. The van der Waals surface area contributed by atoms with Crippen LogP contribution in [-0.4, -0.2) is 5.91 Å². The van der Waals surface area contributed by atoms with Gasteiger partial charge in [-0.05, 0) is 17.5 Å². The average molecular weight is 213 g/mol. The van der Waals surface area contributed by atoms with Crippen molar-refractivity contribution in [2.45, 2.75) is 26.2 Å². The third-order valence-corrected chi connectivity index (χ3v) is 2.08. The first-order valence-electron chi connectivity index (χ1n) is 4.53. The maximum Gasteiger partial charge on any atom is 0.248 e. The van der Waals surface area contributed by atoms with E-state index in [1.54, 1.807) is 20.8 Å². The lowest BCUT2D eigenvalue weighted by Gasteiger charge is -2.20. The molecule has 2 nitrogen and oxygen atoms in total. The second kappa shape index (κ2) is 3.61. The summed E-state index contributed by atoms with van der Waals surface area (Å²) in [5, 5.41) is 0. The first-order chi connectivity index (χ1) is 6.73. The molecule has 0 saturated carbocycles.